The topological polar surface area (TPSA) is 46.6 Å². The van der Waals surface area contributed by atoms with Crippen LogP contribution in [0, 0.1) is 0 Å². The first-order chi connectivity index (χ1) is 11.1. The highest BCUT2D eigenvalue weighted by Gasteiger charge is 2.46. The van der Waals surface area contributed by atoms with Crippen molar-refractivity contribution in [3.8, 4) is 0 Å². The molecule has 23 heavy (non-hydrogen) atoms. The lowest BCUT2D eigenvalue weighted by Crippen LogP contribution is -2.47. The van der Waals surface area contributed by atoms with Gasteiger partial charge >= 0.3 is 10.1 Å². The van der Waals surface area contributed by atoms with Crippen molar-refractivity contribution in [3.63, 3.8) is 0 Å². The fourth-order valence-electron chi connectivity index (χ4n) is 3.86. The van der Waals surface area contributed by atoms with E-state index in [-0.39, 0.29) is 6.04 Å². The quantitative estimate of drug-likeness (QED) is 0.788. The fourth-order valence-corrected chi connectivity index (χ4v) is 5.58. The maximum atomic E-state index is 12.9. The highest BCUT2D eigenvalue weighted by atomic mass is 32.2. The third-order valence-electron chi connectivity index (χ3n) is 4.96. The standard InChI is InChI=1S/C18H25NO3S/c1-3-19(4-2)17-15-12-8-9-13-16(15)22-23(20,21)18(17)14-10-6-5-7-11-14/h5-7,10-11,17-18H,3-4,8-9,12-13H2,1-2H3/t17-,18+/m1/s1. The zero-order valence-electron chi connectivity index (χ0n) is 13.9. The summed E-state index contributed by atoms with van der Waals surface area (Å²) in [4.78, 5) is 2.26. The predicted octanol–water partition coefficient (Wildman–Crippen LogP) is 3.63. The molecule has 126 valence electrons. The summed E-state index contributed by atoms with van der Waals surface area (Å²) < 4.78 is 31.3. The fraction of sp³-hybridized carbons (Fsp3) is 0.556. The van der Waals surface area contributed by atoms with Crippen LogP contribution in [0.15, 0.2) is 41.7 Å². The van der Waals surface area contributed by atoms with E-state index in [2.05, 4.69) is 18.7 Å². The molecule has 0 radical (unpaired) electrons. The van der Waals surface area contributed by atoms with E-state index >= 15 is 0 Å². The average Bonchev–Trinajstić information content (AvgIpc) is 2.55. The summed E-state index contributed by atoms with van der Waals surface area (Å²) in [5.74, 6) is 0.709. The van der Waals surface area contributed by atoms with Gasteiger partial charge in [0, 0.05) is 6.42 Å². The van der Waals surface area contributed by atoms with Crippen molar-refractivity contribution < 1.29 is 12.6 Å². The number of nitrogens with zero attached hydrogens (tertiary/aromatic N) is 1. The number of likely N-dealkylation sites (N-methyl/N-ethyl adjacent to an activating group) is 1. The molecule has 3 rings (SSSR count). The van der Waals surface area contributed by atoms with Gasteiger partial charge in [0.1, 0.15) is 11.0 Å². The van der Waals surface area contributed by atoms with Gasteiger partial charge in [0.25, 0.3) is 0 Å². The van der Waals surface area contributed by atoms with Crippen LogP contribution in [0.2, 0.25) is 0 Å². The van der Waals surface area contributed by atoms with Gasteiger partial charge < -0.3 is 4.18 Å². The Morgan fingerprint density at radius 1 is 1.09 bits per heavy atom. The molecule has 1 aromatic carbocycles. The molecule has 1 aromatic rings. The van der Waals surface area contributed by atoms with E-state index in [1.54, 1.807) is 0 Å². The second-order valence-electron chi connectivity index (χ2n) is 6.23. The van der Waals surface area contributed by atoms with E-state index in [9.17, 15) is 8.42 Å². The highest BCUT2D eigenvalue weighted by Crippen LogP contribution is 2.45. The van der Waals surface area contributed by atoms with Gasteiger partial charge in [-0.25, -0.2) is 0 Å². The molecule has 0 aromatic heterocycles. The molecule has 5 heteroatoms. The third kappa shape index (κ3) is 3.04. The van der Waals surface area contributed by atoms with Crippen LogP contribution in [-0.2, 0) is 14.3 Å². The Morgan fingerprint density at radius 2 is 1.74 bits per heavy atom. The van der Waals surface area contributed by atoms with Crippen molar-refractivity contribution in [3.05, 3.63) is 47.2 Å². The minimum absolute atomic E-state index is 0.110. The Kier molecular flexibility index (Phi) is 4.78. The Bertz CT molecular complexity index is 677. The number of hydrogen-bond acceptors (Lipinski definition) is 4. The van der Waals surface area contributed by atoms with Crippen molar-refractivity contribution in [2.24, 2.45) is 0 Å². The molecule has 0 saturated carbocycles. The molecule has 4 nitrogen and oxygen atoms in total. The molecule has 0 amide bonds. The monoisotopic (exact) mass is 335 g/mol. The van der Waals surface area contributed by atoms with Crippen molar-refractivity contribution in [2.45, 2.75) is 50.8 Å². The molecular weight excluding hydrogens is 310 g/mol. The van der Waals surface area contributed by atoms with Crippen molar-refractivity contribution in [2.75, 3.05) is 13.1 Å². The molecule has 0 unspecified atom stereocenters. The maximum Gasteiger partial charge on any atom is 0.317 e. The second-order valence-corrected chi connectivity index (χ2v) is 7.89. The van der Waals surface area contributed by atoms with Gasteiger partial charge in [0.15, 0.2) is 0 Å². The molecule has 0 N–H and O–H groups in total. The van der Waals surface area contributed by atoms with Crippen LogP contribution in [0.25, 0.3) is 0 Å². The SMILES string of the molecule is CCN(CC)[C@@H]1C2=C(CCCC2)OS(=O)(=O)[C@H]1c1ccccc1. The molecule has 2 atom stereocenters. The number of allylic oxidation sites excluding steroid dienone is 1. The van der Waals surface area contributed by atoms with Gasteiger partial charge in [0.2, 0.25) is 0 Å². The Morgan fingerprint density at radius 3 is 2.39 bits per heavy atom. The summed E-state index contributed by atoms with van der Waals surface area (Å²) in [6.45, 7) is 5.85. The average molecular weight is 335 g/mol. The van der Waals surface area contributed by atoms with E-state index in [1.165, 1.54) is 5.57 Å². The maximum absolute atomic E-state index is 12.9. The second kappa shape index (κ2) is 6.65. The van der Waals surface area contributed by atoms with E-state index < -0.39 is 15.4 Å². The van der Waals surface area contributed by atoms with Crippen LogP contribution in [0.4, 0.5) is 0 Å². The zero-order valence-corrected chi connectivity index (χ0v) is 14.7. The first kappa shape index (κ1) is 16.5. The van der Waals surface area contributed by atoms with Crippen LogP contribution in [0.3, 0.4) is 0 Å². The minimum Gasteiger partial charge on any atom is -0.386 e. The Labute approximate surface area is 139 Å². The minimum atomic E-state index is -3.66. The molecule has 0 fully saturated rings. The molecule has 1 heterocycles. The number of rotatable bonds is 4. The summed E-state index contributed by atoms with van der Waals surface area (Å²) in [6, 6.07) is 9.40. The Hall–Kier alpha value is -1.33. The van der Waals surface area contributed by atoms with E-state index in [0.717, 1.165) is 44.3 Å². The lowest BCUT2D eigenvalue weighted by atomic mass is 9.87. The van der Waals surface area contributed by atoms with Gasteiger partial charge in [-0.15, -0.1) is 0 Å². The first-order valence-corrected chi connectivity index (χ1v) is 9.99. The van der Waals surface area contributed by atoms with Gasteiger partial charge in [0.05, 0.1) is 6.04 Å². The van der Waals surface area contributed by atoms with Gasteiger partial charge in [-0.2, -0.15) is 8.42 Å². The van der Waals surface area contributed by atoms with Crippen LogP contribution >= 0.6 is 0 Å². The largest absolute Gasteiger partial charge is 0.386 e. The molecule has 1 aliphatic carbocycles. The van der Waals surface area contributed by atoms with Crippen molar-refractivity contribution >= 4 is 10.1 Å². The van der Waals surface area contributed by atoms with E-state index in [1.807, 2.05) is 30.3 Å². The summed E-state index contributed by atoms with van der Waals surface area (Å²) >= 11 is 0. The van der Waals surface area contributed by atoms with Crippen LogP contribution in [-0.4, -0.2) is 32.4 Å². The summed E-state index contributed by atoms with van der Waals surface area (Å²) in [6.07, 6.45) is 3.81. The molecule has 0 bridgehead atoms. The predicted molar refractivity (Wildman–Crippen MR) is 91.4 cm³/mol. The smallest absolute Gasteiger partial charge is 0.317 e. The molecule has 0 spiro atoms. The van der Waals surface area contributed by atoms with Gasteiger partial charge in [-0.1, -0.05) is 44.2 Å². The number of benzene rings is 1. The van der Waals surface area contributed by atoms with Crippen LogP contribution in [0.1, 0.15) is 50.3 Å². The van der Waals surface area contributed by atoms with Gasteiger partial charge in [-0.05, 0) is 43.5 Å². The molecular formula is C18H25NO3S. The normalized spacial score (nSPS) is 26.7. The Balaban J connectivity index is 2.15. The summed E-state index contributed by atoms with van der Waals surface area (Å²) in [5.41, 5.74) is 2.02. The first-order valence-electron chi connectivity index (χ1n) is 8.52. The molecule has 2 aliphatic rings. The summed E-state index contributed by atoms with van der Waals surface area (Å²) in [5, 5.41) is -0.638. The van der Waals surface area contributed by atoms with Crippen molar-refractivity contribution in [1.82, 2.24) is 4.90 Å². The molecule has 0 saturated heterocycles. The zero-order chi connectivity index (χ0) is 16.4. The van der Waals surface area contributed by atoms with Crippen molar-refractivity contribution in [1.29, 1.82) is 0 Å². The highest BCUT2D eigenvalue weighted by molar-refractivity contribution is 7.87. The van der Waals surface area contributed by atoms with Crippen LogP contribution < -0.4 is 0 Å². The molecule has 1 aliphatic heterocycles. The van der Waals surface area contributed by atoms with E-state index in [4.69, 9.17) is 4.18 Å². The lowest BCUT2D eigenvalue weighted by Gasteiger charge is -2.42. The van der Waals surface area contributed by atoms with Gasteiger partial charge in [-0.3, -0.25) is 4.90 Å². The number of hydrogen-bond donors (Lipinski definition) is 0. The third-order valence-corrected chi connectivity index (χ3v) is 6.55. The summed E-state index contributed by atoms with van der Waals surface area (Å²) in [7, 11) is -3.66. The lowest BCUT2D eigenvalue weighted by molar-refractivity contribution is 0.200. The van der Waals surface area contributed by atoms with Crippen LogP contribution in [0.5, 0.6) is 0 Å². The van der Waals surface area contributed by atoms with E-state index in [0.29, 0.717) is 5.76 Å².